The number of nitro benzene ring substituents is 1. The van der Waals surface area contributed by atoms with Crippen molar-refractivity contribution in [2.24, 2.45) is 0 Å². The first-order chi connectivity index (χ1) is 12.7. The molecule has 0 fully saturated rings. The summed E-state index contributed by atoms with van der Waals surface area (Å²) in [7, 11) is 1.12. The summed E-state index contributed by atoms with van der Waals surface area (Å²) < 4.78 is 0. The van der Waals surface area contributed by atoms with Crippen LogP contribution in [0.15, 0.2) is 48.5 Å². The third-order valence-electron chi connectivity index (χ3n) is 3.84. The van der Waals surface area contributed by atoms with Crippen molar-refractivity contribution in [3.05, 3.63) is 75.3 Å². The van der Waals surface area contributed by atoms with E-state index in [2.05, 4.69) is 5.32 Å². The van der Waals surface area contributed by atoms with Gasteiger partial charge in [-0.3, -0.25) is 19.8 Å². The first-order valence-corrected chi connectivity index (χ1v) is 7.83. The standard InChI is InChI=1S/C18H17N3O6/c1-11-8-9-13(14(10-11)21(26)27)16(22)20(2)18(25)19-15(17(23)24)12-6-4-3-5-7-12/h3-10,15H,1-2H3,(H,19,25)(H,23,24). The molecular formula is C18H17N3O6. The van der Waals surface area contributed by atoms with Gasteiger partial charge in [-0.05, 0) is 24.1 Å². The first kappa shape index (κ1) is 19.6. The molecule has 2 rings (SSSR count). The second-order valence-corrected chi connectivity index (χ2v) is 5.77. The topological polar surface area (TPSA) is 130 Å². The number of imide groups is 1. The Kier molecular flexibility index (Phi) is 5.86. The van der Waals surface area contributed by atoms with Crippen LogP contribution in [0, 0.1) is 17.0 Å². The lowest BCUT2D eigenvalue weighted by molar-refractivity contribution is -0.385. The van der Waals surface area contributed by atoms with E-state index in [0.29, 0.717) is 16.0 Å². The van der Waals surface area contributed by atoms with Gasteiger partial charge < -0.3 is 10.4 Å². The monoisotopic (exact) mass is 371 g/mol. The summed E-state index contributed by atoms with van der Waals surface area (Å²) in [6, 6.07) is 9.58. The third kappa shape index (κ3) is 4.46. The molecule has 140 valence electrons. The van der Waals surface area contributed by atoms with Gasteiger partial charge in [-0.15, -0.1) is 0 Å². The van der Waals surface area contributed by atoms with Gasteiger partial charge in [0.1, 0.15) is 5.56 Å². The second-order valence-electron chi connectivity index (χ2n) is 5.77. The van der Waals surface area contributed by atoms with Crippen molar-refractivity contribution in [3.8, 4) is 0 Å². The Morgan fingerprint density at radius 3 is 2.33 bits per heavy atom. The highest BCUT2D eigenvalue weighted by atomic mass is 16.6. The Balaban J connectivity index is 2.25. The summed E-state index contributed by atoms with van der Waals surface area (Å²) in [5.74, 6) is -2.23. The molecule has 1 unspecified atom stereocenters. The molecule has 27 heavy (non-hydrogen) atoms. The number of carbonyl (C=O) groups is 3. The van der Waals surface area contributed by atoms with E-state index in [1.807, 2.05) is 0 Å². The lowest BCUT2D eigenvalue weighted by Gasteiger charge is -2.20. The molecule has 3 amide bonds. The SMILES string of the molecule is Cc1ccc(C(=O)N(C)C(=O)NC(C(=O)O)c2ccccc2)c([N+](=O)[O-])c1. The number of carboxylic acids is 1. The van der Waals surface area contributed by atoms with Crippen LogP contribution >= 0.6 is 0 Å². The van der Waals surface area contributed by atoms with Crippen LogP contribution in [0.3, 0.4) is 0 Å². The molecule has 2 aromatic carbocycles. The third-order valence-corrected chi connectivity index (χ3v) is 3.84. The van der Waals surface area contributed by atoms with Gasteiger partial charge in [0, 0.05) is 13.1 Å². The molecule has 0 aliphatic carbocycles. The van der Waals surface area contributed by atoms with Crippen molar-refractivity contribution in [3.63, 3.8) is 0 Å². The predicted octanol–water partition coefficient (Wildman–Crippen LogP) is 2.51. The number of rotatable bonds is 5. The summed E-state index contributed by atoms with van der Waals surface area (Å²) in [6.45, 7) is 1.63. The van der Waals surface area contributed by atoms with E-state index in [4.69, 9.17) is 0 Å². The van der Waals surface area contributed by atoms with Crippen LogP contribution in [0.2, 0.25) is 0 Å². The molecule has 1 atom stereocenters. The number of hydrogen-bond acceptors (Lipinski definition) is 5. The lowest BCUT2D eigenvalue weighted by Crippen LogP contribution is -2.44. The van der Waals surface area contributed by atoms with Gasteiger partial charge in [0.2, 0.25) is 0 Å². The van der Waals surface area contributed by atoms with E-state index in [9.17, 15) is 29.6 Å². The van der Waals surface area contributed by atoms with E-state index in [0.717, 1.165) is 7.05 Å². The molecule has 0 bridgehead atoms. The fourth-order valence-electron chi connectivity index (χ4n) is 2.40. The van der Waals surface area contributed by atoms with Crippen LogP contribution in [-0.2, 0) is 4.79 Å². The lowest BCUT2D eigenvalue weighted by atomic mass is 10.1. The van der Waals surface area contributed by atoms with Crippen molar-refractivity contribution >= 4 is 23.6 Å². The molecule has 9 nitrogen and oxygen atoms in total. The molecule has 2 aromatic rings. The molecule has 0 aliphatic heterocycles. The van der Waals surface area contributed by atoms with Crippen LogP contribution in [0.5, 0.6) is 0 Å². The van der Waals surface area contributed by atoms with Gasteiger partial charge in [-0.1, -0.05) is 36.4 Å². The zero-order valence-corrected chi connectivity index (χ0v) is 14.6. The average Bonchev–Trinajstić information content (AvgIpc) is 2.65. The fraction of sp³-hybridized carbons (Fsp3) is 0.167. The highest BCUT2D eigenvalue weighted by Gasteiger charge is 2.29. The van der Waals surface area contributed by atoms with Crippen LogP contribution in [0.4, 0.5) is 10.5 Å². The van der Waals surface area contributed by atoms with Gasteiger partial charge in [0.15, 0.2) is 6.04 Å². The Bertz CT molecular complexity index is 897. The minimum absolute atomic E-state index is 0.269. The van der Waals surface area contributed by atoms with E-state index >= 15 is 0 Å². The molecular weight excluding hydrogens is 354 g/mol. The molecule has 0 aliphatic rings. The maximum atomic E-state index is 12.5. The first-order valence-electron chi connectivity index (χ1n) is 7.83. The predicted molar refractivity (Wildman–Crippen MR) is 95.3 cm³/mol. The molecule has 0 aromatic heterocycles. The quantitative estimate of drug-likeness (QED) is 0.613. The Morgan fingerprint density at radius 1 is 1.15 bits per heavy atom. The Labute approximate surface area is 154 Å². The summed E-state index contributed by atoms with van der Waals surface area (Å²) in [5, 5.41) is 22.8. The normalized spacial score (nSPS) is 11.3. The van der Waals surface area contributed by atoms with Crippen molar-refractivity contribution in [1.29, 1.82) is 0 Å². The van der Waals surface area contributed by atoms with Gasteiger partial charge >= 0.3 is 12.0 Å². The summed E-state index contributed by atoms with van der Waals surface area (Å²) >= 11 is 0. The van der Waals surface area contributed by atoms with Crippen LogP contribution in [0.25, 0.3) is 0 Å². The van der Waals surface area contributed by atoms with E-state index < -0.39 is 34.6 Å². The largest absolute Gasteiger partial charge is 0.479 e. The smallest absolute Gasteiger partial charge is 0.330 e. The Morgan fingerprint density at radius 2 is 1.78 bits per heavy atom. The molecule has 2 N–H and O–H groups in total. The number of nitrogens with zero attached hydrogens (tertiary/aromatic N) is 2. The number of benzene rings is 2. The number of nitrogens with one attached hydrogen (secondary N) is 1. The molecule has 0 radical (unpaired) electrons. The van der Waals surface area contributed by atoms with Crippen LogP contribution < -0.4 is 5.32 Å². The highest BCUT2D eigenvalue weighted by molar-refractivity contribution is 6.06. The maximum Gasteiger partial charge on any atom is 0.330 e. The van der Waals surface area contributed by atoms with Crippen molar-refractivity contribution in [2.75, 3.05) is 7.05 Å². The minimum Gasteiger partial charge on any atom is -0.479 e. The van der Waals surface area contributed by atoms with E-state index in [-0.39, 0.29) is 5.56 Å². The molecule has 0 heterocycles. The number of aryl methyl sites for hydroxylation is 1. The number of carboxylic acid groups (broad SMARTS) is 1. The molecule has 0 spiro atoms. The number of urea groups is 1. The number of nitro groups is 1. The fourth-order valence-corrected chi connectivity index (χ4v) is 2.40. The molecule has 0 saturated carbocycles. The summed E-state index contributed by atoms with van der Waals surface area (Å²) in [4.78, 5) is 47.4. The van der Waals surface area contributed by atoms with Crippen molar-refractivity contribution < 1.29 is 24.4 Å². The highest BCUT2D eigenvalue weighted by Crippen LogP contribution is 2.22. The van der Waals surface area contributed by atoms with Gasteiger partial charge in [-0.2, -0.15) is 0 Å². The van der Waals surface area contributed by atoms with Crippen LogP contribution in [0.1, 0.15) is 27.5 Å². The number of carbonyl (C=O) groups excluding carboxylic acids is 2. The second kappa shape index (κ2) is 8.09. The van der Waals surface area contributed by atoms with Gasteiger partial charge in [0.05, 0.1) is 4.92 Å². The maximum absolute atomic E-state index is 12.5. The Hall–Kier alpha value is -3.75. The van der Waals surface area contributed by atoms with Crippen LogP contribution in [-0.4, -0.2) is 39.9 Å². The van der Waals surface area contributed by atoms with Crippen molar-refractivity contribution in [2.45, 2.75) is 13.0 Å². The molecule has 9 heteroatoms. The number of aliphatic carboxylic acids is 1. The summed E-state index contributed by atoms with van der Waals surface area (Å²) in [5.41, 5.74) is 0.202. The number of amides is 3. The van der Waals surface area contributed by atoms with Gasteiger partial charge in [0.25, 0.3) is 11.6 Å². The minimum atomic E-state index is -1.37. The average molecular weight is 371 g/mol. The number of hydrogen-bond donors (Lipinski definition) is 2. The summed E-state index contributed by atoms with van der Waals surface area (Å²) in [6.07, 6.45) is 0. The van der Waals surface area contributed by atoms with Gasteiger partial charge in [-0.25, -0.2) is 9.59 Å². The van der Waals surface area contributed by atoms with E-state index in [1.165, 1.54) is 30.3 Å². The zero-order valence-electron chi connectivity index (χ0n) is 14.6. The van der Waals surface area contributed by atoms with E-state index in [1.54, 1.807) is 25.1 Å². The molecule has 0 saturated heterocycles. The van der Waals surface area contributed by atoms with Crippen molar-refractivity contribution in [1.82, 2.24) is 10.2 Å². The zero-order chi connectivity index (χ0) is 20.1.